The van der Waals surface area contributed by atoms with Gasteiger partial charge in [-0.2, -0.15) is 0 Å². The van der Waals surface area contributed by atoms with Crippen LogP contribution in [-0.4, -0.2) is 57.5 Å². The lowest BCUT2D eigenvalue weighted by molar-refractivity contribution is 0.0951. The van der Waals surface area contributed by atoms with Crippen LogP contribution in [0.15, 0.2) is 53.5 Å². The number of amides is 1. The third-order valence-electron chi connectivity index (χ3n) is 5.60. The maximum atomic E-state index is 13.6. The molecule has 0 aliphatic heterocycles. The van der Waals surface area contributed by atoms with Crippen LogP contribution in [0, 0.1) is 5.82 Å². The number of aliphatic imine (C=N–C) groups is 1. The van der Waals surface area contributed by atoms with Crippen molar-refractivity contribution in [3.05, 3.63) is 71.0 Å². The molecule has 0 atom stereocenters. The Morgan fingerprint density at radius 2 is 1.84 bits per heavy atom. The van der Waals surface area contributed by atoms with Gasteiger partial charge in [0.2, 0.25) is 0 Å². The van der Waals surface area contributed by atoms with E-state index in [0.717, 1.165) is 30.5 Å². The highest BCUT2D eigenvalue weighted by molar-refractivity contribution is 14.0. The van der Waals surface area contributed by atoms with Crippen LogP contribution >= 0.6 is 24.0 Å². The molecule has 174 valence electrons. The summed E-state index contributed by atoms with van der Waals surface area (Å²) in [6, 6.07) is 14.4. The van der Waals surface area contributed by atoms with Gasteiger partial charge in [0.1, 0.15) is 5.82 Å². The fraction of sp³-hybridized carbons (Fsp3) is 0.417. The minimum atomic E-state index is -0.197. The van der Waals surface area contributed by atoms with Gasteiger partial charge in [0, 0.05) is 44.2 Å². The van der Waals surface area contributed by atoms with Crippen LogP contribution in [0.1, 0.15) is 34.3 Å². The molecule has 3 rings (SSSR count). The zero-order chi connectivity index (χ0) is 22.3. The molecule has 6 nitrogen and oxygen atoms in total. The van der Waals surface area contributed by atoms with E-state index in [1.165, 1.54) is 6.07 Å². The van der Waals surface area contributed by atoms with Gasteiger partial charge in [0.05, 0.1) is 0 Å². The van der Waals surface area contributed by atoms with Crippen molar-refractivity contribution in [2.45, 2.75) is 24.8 Å². The Labute approximate surface area is 207 Å². The van der Waals surface area contributed by atoms with Crippen LogP contribution < -0.4 is 16.0 Å². The van der Waals surface area contributed by atoms with Crippen molar-refractivity contribution >= 4 is 35.8 Å². The molecule has 0 unspecified atom stereocenters. The van der Waals surface area contributed by atoms with Crippen LogP contribution in [0.4, 0.5) is 4.39 Å². The van der Waals surface area contributed by atoms with E-state index in [0.29, 0.717) is 31.2 Å². The molecule has 0 saturated heterocycles. The van der Waals surface area contributed by atoms with E-state index in [1.807, 2.05) is 49.3 Å². The third kappa shape index (κ3) is 7.44. The van der Waals surface area contributed by atoms with Crippen molar-refractivity contribution in [1.82, 2.24) is 20.9 Å². The first-order valence-electron chi connectivity index (χ1n) is 10.6. The number of guanidine groups is 1. The molecule has 8 heteroatoms. The molecule has 1 aliphatic rings. The van der Waals surface area contributed by atoms with Crippen molar-refractivity contribution in [3.63, 3.8) is 0 Å². The molecule has 32 heavy (non-hydrogen) atoms. The second-order valence-electron chi connectivity index (χ2n) is 8.33. The standard InChI is InChI=1S/C24H32FN5O.HI/c1-26-23(29-17-24(10-11-24)20-8-5-9-21(25)15-20)28-16-18-6-4-7-19(14-18)22(31)27-12-13-30(2)3;/h4-9,14-15H,10-13,16-17H2,1-3H3,(H,27,31)(H2,26,28,29);1H. The normalized spacial score (nSPS) is 14.5. The van der Waals surface area contributed by atoms with E-state index in [-0.39, 0.29) is 41.1 Å². The zero-order valence-electron chi connectivity index (χ0n) is 19.0. The number of likely N-dealkylation sites (N-methyl/N-ethyl adjacent to an activating group) is 1. The summed E-state index contributed by atoms with van der Waals surface area (Å²) in [6.45, 7) is 2.65. The highest BCUT2D eigenvalue weighted by Gasteiger charge is 2.44. The van der Waals surface area contributed by atoms with Crippen LogP contribution in [0.2, 0.25) is 0 Å². The number of carbonyl (C=O) groups is 1. The van der Waals surface area contributed by atoms with Gasteiger partial charge in [-0.05, 0) is 62.3 Å². The lowest BCUT2D eigenvalue weighted by Gasteiger charge is -2.19. The summed E-state index contributed by atoms with van der Waals surface area (Å²) in [7, 11) is 5.68. The molecule has 0 aromatic heterocycles. The molecule has 1 aliphatic carbocycles. The summed E-state index contributed by atoms with van der Waals surface area (Å²) in [6.07, 6.45) is 2.07. The number of halogens is 2. The van der Waals surface area contributed by atoms with Crippen molar-refractivity contribution in [3.8, 4) is 0 Å². The predicted molar refractivity (Wildman–Crippen MR) is 138 cm³/mol. The Morgan fingerprint density at radius 3 is 2.50 bits per heavy atom. The fourth-order valence-electron chi connectivity index (χ4n) is 3.51. The number of hydrogen-bond acceptors (Lipinski definition) is 3. The average Bonchev–Trinajstić information content (AvgIpc) is 3.55. The van der Waals surface area contributed by atoms with Gasteiger partial charge >= 0.3 is 0 Å². The SMILES string of the molecule is CN=C(NCc1cccc(C(=O)NCCN(C)C)c1)NCC1(c2cccc(F)c2)CC1.I. The van der Waals surface area contributed by atoms with Gasteiger partial charge in [-0.15, -0.1) is 24.0 Å². The molecule has 1 fully saturated rings. The van der Waals surface area contributed by atoms with Crippen LogP contribution in [-0.2, 0) is 12.0 Å². The highest BCUT2D eigenvalue weighted by Crippen LogP contribution is 2.47. The van der Waals surface area contributed by atoms with Crippen molar-refractivity contribution in [2.24, 2.45) is 4.99 Å². The first-order chi connectivity index (χ1) is 14.9. The number of nitrogens with zero attached hydrogens (tertiary/aromatic N) is 2. The quantitative estimate of drug-likeness (QED) is 0.254. The molecule has 0 spiro atoms. The summed E-state index contributed by atoms with van der Waals surface area (Å²) in [5.74, 6) is 0.414. The topological polar surface area (TPSA) is 68.8 Å². The maximum Gasteiger partial charge on any atom is 0.251 e. The van der Waals surface area contributed by atoms with E-state index >= 15 is 0 Å². The van der Waals surface area contributed by atoms with E-state index in [2.05, 4.69) is 20.9 Å². The summed E-state index contributed by atoms with van der Waals surface area (Å²) in [4.78, 5) is 18.7. The Kier molecular flexibility index (Phi) is 9.89. The van der Waals surface area contributed by atoms with Crippen LogP contribution in [0.3, 0.4) is 0 Å². The van der Waals surface area contributed by atoms with Gasteiger partial charge in [0.15, 0.2) is 5.96 Å². The second-order valence-corrected chi connectivity index (χ2v) is 8.33. The maximum absolute atomic E-state index is 13.6. The Morgan fingerprint density at radius 1 is 1.09 bits per heavy atom. The zero-order valence-corrected chi connectivity index (χ0v) is 21.3. The molecular formula is C24H33FIN5O. The Bertz CT molecular complexity index is 930. The predicted octanol–water partition coefficient (Wildman–Crippen LogP) is 3.13. The van der Waals surface area contributed by atoms with Crippen LogP contribution in [0.5, 0.6) is 0 Å². The second kappa shape index (κ2) is 12.2. The van der Waals surface area contributed by atoms with E-state index < -0.39 is 0 Å². The Balaban J connectivity index is 0.00000363. The number of hydrogen-bond donors (Lipinski definition) is 3. The summed E-state index contributed by atoms with van der Waals surface area (Å²) in [5.41, 5.74) is 2.64. The smallest absolute Gasteiger partial charge is 0.251 e. The molecule has 0 bridgehead atoms. The molecule has 1 amide bonds. The third-order valence-corrected chi connectivity index (χ3v) is 5.60. The molecule has 0 heterocycles. The van der Waals surface area contributed by atoms with E-state index in [4.69, 9.17) is 0 Å². The molecule has 0 radical (unpaired) electrons. The molecule has 3 N–H and O–H groups in total. The van der Waals surface area contributed by atoms with Crippen molar-refractivity contribution in [2.75, 3.05) is 40.8 Å². The van der Waals surface area contributed by atoms with E-state index in [1.54, 1.807) is 19.2 Å². The lowest BCUT2D eigenvalue weighted by atomic mass is 9.96. The highest BCUT2D eigenvalue weighted by atomic mass is 127. The van der Waals surface area contributed by atoms with Gasteiger partial charge in [-0.3, -0.25) is 9.79 Å². The van der Waals surface area contributed by atoms with Gasteiger partial charge in [0.25, 0.3) is 5.91 Å². The Hall–Kier alpha value is -2.20. The van der Waals surface area contributed by atoms with Gasteiger partial charge in [-0.25, -0.2) is 4.39 Å². The first kappa shape index (κ1) is 26.1. The number of nitrogens with one attached hydrogen (secondary N) is 3. The minimum absolute atomic E-state index is 0. The summed E-state index contributed by atoms with van der Waals surface area (Å²) >= 11 is 0. The average molecular weight is 553 g/mol. The monoisotopic (exact) mass is 553 g/mol. The first-order valence-corrected chi connectivity index (χ1v) is 10.6. The van der Waals surface area contributed by atoms with Gasteiger partial charge < -0.3 is 20.9 Å². The fourth-order valence-corrected chi connectivity index (χ4v) is 3.51. The van der Waals surface area contributed by atoms with Crippen molar-refractivity contribution < 1.29 is 9.18 Å². The minimum Gasteiger partial charge on any atom is -0.356 e. The summed E-state index contributed by atoms with van der Waals surface area (Å²) < 4.78 is 13.6. The number of benzene rings is 2. The molecular weight excluding hydrogens is 520 g/mol. The molecule has 2 aromatic rings. The van der Waals surface area contributed by atoms with Gasteiger partial charge in [-0.1, -0.05) is 24.3 Å². The molecule has 2 aromatic carbocycles. The largest absolute Gasteiger partial charge is 0.356 e. The summed E-state index contributed by atoms with van der Waals surface area (Å²) in [5, 5.41) is 9.60. The van der Waals surface area contributed by atoms with E-state index in [9.17, 15) is 9.18 Å². The number of rotatable bonds is 9. The number of carbonyl (C=O) groups excluding carboxylic acids is 1. The molecule has 1 saturated carbocycles. The van der Waals surface area contributed by atoms with Crippen LogP contribution in [0.25, 0.3) is 0 Å². The van der Waals surface area contributed by atoms with Crippen molar-refractivity contribution in [1.29, 1.82) is 0 Å². The lowest BCUT2D eigenvalue weighted by Crippen LogP contribution is -2.41.